The smallest absolute Gasteiger partial charge is 0.305 e. The Labute approximate surface area is 246 Å². The zero-order valence-corrected chi connectivity index (χ0v) is 24.5. The van der Waals surface area contributed by atoms with Crippen LogP contribution >= 0.6 is 8.03 Å². The highest BCUT2D eigenvalue weighted by Gasteiger charge is 2.23. The zero-order chi connectivity index (χ0) is 30.1. The van der Waals surface area contributed by atoms with Crippen molar-refractivity contribution in [2.45, 2.75) is 38.2 Å². The van der Waals surface area contributed by atoms with Gasteiger partial charge in [0.25, 0.3) is 0 Å². The molecule has 6 nitrogen and oxygen atoms in total. The summed E-state index contributed by atoms with van der Waals surface area (Å²) in [6.07, 6.45) is -2.01. The maximum atomic E-state index is 13.9. The molecule has 4 rings (SSSR count). The normalized spacial score (nSPS) is 12.5. The first-order valence-corrected chi connectivity index (χ1v) is 15.2. The summed E-state index contributed by atoms with van der Waals surface area (Å²) in [6.45, 7) is 3.89. The van der Waals surface area contributed by atoms with Gasteiger partial charge in [-0.05, 0) is 40.8 Å². The molecule has 2 atom stereocenters. The van der Waals surface area contributed by atoms with E-state index in [1.54, 1.807) is 12.1 Å². The summed E-state index contributed by atoms with van der Waals surface area (Å²) in [5, 5.41) is 18.5. The molecule has 2 N–H and O–H groups in total. The van der Waals surface area contributed by atoms with Crippen LogP contribution in [0, 0.1) is 17.7 Å². The van der Waals surface area contributed by atoms with E-state index >= 15 is 0 Å². The maximum Gasteiger partial charge on any atom is 0.305 e. The molecule has 0 radical (unpaired) electrons. The number of aliphatic hydroxyl groups excluding tert-OH is 1. The summed E-state index contributed by atoms with van der Waals surface area (Å²) in [7, 11) is -2.68. The molecule has 1 heterocycles. The number of halogens is 1. The van der Waals surface area contributed by atoms with Crippen molar-refractivity contribution in [1.82, 2.24) is 4.98 Å². The highest BCUT2D eigenvalue weighted by atomic mass is 31.1. The highest BCUT2D eigenvalue weighted by Crippen LogP contribution is 2.37. The van der Waals surface area contributed by atoms with E-state index < -0.39 is 26.5 Å². The van der Waals surface area contributed by atoms with E-state index in [4.69, 9.17) is 14.6 Å². The first-order valence-electron chi connectivity index (χ1n) is 13.7. The van der Waals surface area contributed by atoms with Crippen molar-refractivity contribution < 1.29 is 28.5 Å². The van der Waals surface area contributed by atoms with Gasteiger partial charge in [-0.2, -0.15) is 0 Å². The number of rotatable bonds is 11. The molecule has 0 saturated carbocycles. The molecule has 0 aliphatic carbocycles. The van der Waals surface area contributed by atoms with Gasteiger partial charge in [0.1, 0.15) is 12.4 Å². The minimum Gasteiger partial charge on any atom is -0.481 e. The Hall–Kier alpha value is -4.08. The van der Waals surface area contributed by atoms with Crippen molar-refractivity contribution in [3.05, 3.63) is 125 Å². The van der Waals surface area contributed by atoms with Gasteiger partial charge in [0.2, 0.25) is 0 Å². The lowest BCUT2D eigenvalue weighted by atomic mass is 9.85. The van der Waals surface area contributed by atoms with Crippen LogP contribution in [0.15, 0.2) is 91.0 Å². The number of hydrogen-bond acceptors (Lipinski definition) is 5. The van der Waals surface area contributed by atoms with Crippen molar-refractivity contribution in [2.75, 3.05) is 12.8 Å². The molecular weight excluding hydrogens is 552 g/mol. The number of carbonyl (C=O) groups is 1. The van der Waals surface area contributed by atoms with Crippen LogP contribution in [0.25, 0.3) is 11.1 Å². The van der Waals surface area contributed by atoms with Crippen molar-refractivity contribution in [3.63, 3.8) is 0 Å². The van der Waals surface area contributed by atoms with E-state index in [9.17, 15) is 18.9 Å². The Balaban J connectivity index is 1.78. The molecule has 0 fully saturated rings. The van der Waals surface area contributed by atoms with Crippen LogP contribution in [0.4, 0.5) is 4.39 Å². The largest absolute Gasteiger partial charge is 0.481 e. The number of carboxylic acids is 1. The maximum absolute atomic E-state index is 13.9. The van der Waals surface area contributed by atoms with Crippen LogP contribution in [0.5, 0.6) is 0 Å². The van der Waals surface area contributed by atoms with Crippen molar-refractivity contribution in [1.29, 1.82) is 0 Å². The second-order valence-corrected chi connectivity index (χ2v) is 11.6. The van der Waals surface area contributed by atoms with Crippen molar-refractivity contribution in [3.8, 4) is 23.0 Å². The summed E-state index contributed by atoms with van der Waals surface area (Å²) < 4.78 is 31.4. The van der Waals surface area contributed by atoms with Gasteiger partial charge >= 0.3 is 5.97 Å². The molecule has 0 aliphatic rings. The Morgan fingerprint density at radius 2 is 1.57 bits per heavy atom. The molecule has 1 aromatic heterocycles. The molecule has 216 valence electrons. The van der Waals surface area contributed by atoms with E-state index in [0.717, 1.165) is 33.6 Å². The van der Waals surface area contributed by atoms with Gasteiger partial charge in [0.05, 0.1) is 35.4 Å². The molecule has 1 unspecified atom stereocenters. The van der Waals surface area contributed by atoms with E-state index in [1.807, 2.05) is 56.3 Å². The minimum atomic E-state index is -2.68. The summed E-state index contributed by atoms with van der Waals surface area (Å²) >= 11 is 0. The van der Waals surface area contributed by atoms with Crippen LogP contribution in [-0.4, -0.2) is 40.0 Å². The van der Waals surface area contributed by atoms with E-state index in [1.165, 1.54) is 12.1 Å². The van der Waals surface area contributed by atoms with Gasteiger partial charge in [-0.15, -0.1) is 0 Å². The number of carboxylic acid groups (broad SMARTS) is 1. The average Bonchev–Trinajstić information content (AvgIpc) is 2.96. The molecule has 0 aliphatic heterocycles. The summed E-state index contributed by atoms with van der Waals surface area (Å²) in [5.41, 5.74) is 5.98. The van der Waals surface area contributed by atoms with Crippen LogP contribution in [-0.2, 0) is 13.9 Å². The molecule has 42 heavy (non-hydrogen) atoms. The second-order valence-electron chi connectivity index (χ2n) is 10.2. The number of hydrogen-bond donors (Lipinski definition) is 2. The Kier molecular flexibility index (Phi) is 10.8. The van der Waals surface area contributed by atoms with E-state index in [2.05, 4.69) is 36.1 Å². The first kappa shape index (κ1) is 30.9. The monoisotopic (exact) mass is 585 g/mol. The third-order valence-corrected chi connectivity index (χ3v) is 7.93. The Morgan fingerprint density at radius 1 is 0.976 bits per heavy atom. The first-order chi connectivity index (χ1) is 20.2. The van der Waals surface area contributed by atoms with Crippen LogP contribution in [0.3, 0.4) is 0 Å². The minimum absolute atomic E-state index is 0.00754. The molecule has 0 amide bonds. The van der Waals surface area contributed by atoms with Crippen LogP contribution in [0.1, 0.15) is 60.2 Å². The predicted octanol–water partition coefficient (Wildman–Crippen LogP) is 6.87. The fourth-order valence-electron chi connectivity index (χ4n) is 4.73. The number of aromatic nitrogens is 1. The van der Waals surface area contributed by atoms with Crippen LogP contribution in [0.2, 0.25) is 0 Å². The molecule has 0 saturated heterocycles. The number of aliphatic hydroxyl groups is 1. The topological polar surface area (TPSA) is 96.7 Å². The fourth-order valence-corrected chi connectivity index (χ4v) is 5.61. The fraction of sp³-hybridized carbons (Fsp3) is 0.235. The van der Waals surface area contributed by atoms with E-state index in [-0.39, 0.29) is 30.4 Å². The average molecular weight is 586 g/mol. The molecule has 0 spiro atoms. The van der Waals surface area contributed by atoms with Gasteiger partial charge in [0, 0.05) is 11.7 Å². The van der Waals surface area contributed by atoms with Crippen LogP contribution < -0.4 is 0 Å². The lowest BCUT2D eigenvalue weighted by Gasteiger charge is -2.22. The number of benzene rings is 3. The predicted molar refractivity (Wildman–Crippen MR) is 163 cm³/mol. The summed E-state index contributed by atoms with van der Waals surface area (Å²) in [6, 6.07) is 28.5. The third kappa shape index (κ3) is 8.24. The molecule has 3 aromatic carbocycles. The standard InChI is InChI=1S/C34H33FNO5P/c1-23(2)34-29(14-9-19-41-42(40)22-28(37)20-32(38)39)30(24-15-17-27(35)18-16-24)21-31(36-34)33(25-10-5-3-6-11-25)26-12-7-4-8-13-26/h3-8,10-13,15-18,21,23,28,33,37,42H,19-20,22H2,1-2H3,(H,38,39)/t28-/m0/s1. The number of aliphatic carboxylic acids is 1. The highest BCUT2D eigenvalue weighted by molar-refractivity contribution is 7.39. The summed E-state index contributed by atoms with van der Waals surface area (Å²) in [5.74, 6) is 4.38. The van der Waals surface area contributed by atoms with Gasteiger partial charge < -0.3 is 14.7 Å². The second kappa shape index (κ2) is 14.7. The van der Waals surface area contributed by atoms with E-state index in [0.29, 0.717) is 5.56 Å². The quantitative estimate of drug-likeness (QED) is 0.147. The van der Waals surface area contributed by atoms with Gasteiger partial charge in [-0.1, -0.05) is 98.5 Å². The third-order valence-electron chi connectivity index (χ3n) is 6.66. The zero-order valence-electron chi connectivity index (χ0n) is 23.5. The molecule has 0 bridgehead atoms. The van der Waals surface area contributed by atoms with Gasteiger partial charge in [-0.3, -0.25) is 14.3 Å². The molecular formula is C34H33FNO5P. The lowest BCUT2D eigenvalue weighted by molar-refractivity contribution is -0.138. The molecule has 4 aromatic rings. The summed E-state index contributed by atoms with van der Waals surface area (Å²) in [4.78, 5) is 15.9. The van der Waals surface area contributed by atoms with Gasteiger partial charge in [0.15, 0.2) is 8.03 Å². The number of nitrogens with zero attached hydrogens (tertiary/aromatic N) is 1. The number of pyridine rings is 1. The Bertz CT molecular complexity index is 1540. The van der Waals surface area contributed by atoms with Crippen molar-refractivity contribution in [2.24, 2.45) is 0 Å². The molecule has 8 heteroatoms. The Morgan fingerprint density at radius 3 is 2.12 bits per heavy atom. The lowest BCUT2D eigenvalue weighted by Crippen LogP contribution is -2.15. The SMILES string of the molecule is CC(C)c1nc(C(c2ccccc2)c2ccccc2)cc(-c2ccc(F)cc2)c1C#CCO[PH](=O)C[C@@H](O)CC(=O)O. The van der Waals surface area contributed by atoms with Crippen molar-refractivity contribution >= 4 is 14.0 Å². The van der Waals surface area contributed by atoms with Gasteiger partial charge in [-0.25, -0.2) is 4.39 Å².